The van der Waals surface area contributed by atoms with Gasteiger partial charge in [-0.1, -0.05) is 13.3 Å². The molecule has 0 saturated heterocycles. The number of oxazole rings is 1. The van der Waals surface area contributed by atoms with Gasteiger partial charge in [0, 0.05) is 20.5 Å². The maximum atomic E-state index is 11.9. The average Bonchev–Trinajstić information content (AvgIpc) is 2.53. The molecule has 0 radical (unpaired) electrons. The van der Waals surface area contributed by atoms with Gasteiger partial charge in [-0.05, 0) is 13.3 Å². The molecule has 15 heavy (non-hydrogen) atoms. The van der Waals surface area contributed by atoms with Crippen LogP contribution in [0, 0.1) is 13.8 Å². The van der Waals surface area contributed by atoms with Crippen LogP contribution in [0.3, 0.4) is 0 Å². The topological polar surface area (TPSA) is 46.3 Å². The zero-order chi connectivity index (χ0) is 11.4. The zero-order valence-corrected chi connectivity index (χ0v) is 9.83. The van der Waals surface area contributed by atoms with Crippen molar-refractivity contribution < 1.29 is 9.21 Å². The summed E-state index contributed by atoms with van der Waals surface area (Å²) < 4.78 is 5.27. The lowest BCUT2D eigenvalue weighted by Crippen LogP contribution is -2.27. The Kier molecular flexibility index (Phi) is 3.88. The van der Waals surface area contributed by atoms with E-state index in [0.717, 1.165) is 19.4 Å². The largest absolute Gasteiger partial charge is 0.436 e. The highest BCUT2D eigenvalue weighted by Crippen LogP contribution is 2.11. The Hall–Kier alpha value is -1.32. The summed E-state index contributed by atoms with van der Waals surface area (Å²) in [5.41, 5.74) is 0.667. The fraction of sp³-hybridized carbons (Fsp3) is 0.636. The molecule has 0 saturated carbocycles. The molecule has 0 spiro atoms. The summed E-state index contributed by atoms with van der Waals surface area (Å²) in [6.07, 6.45) is 2.08. The van der Waals surface area contributed by atoms with Crippen LogP contribution in [0.4, 0.5) is 0 Å². The van der Waals surface area contributed by atoms with Gasteiger partial charge in [0.15, 0.2) is 5.89 Å². The first kappa shape index (κ1) is 11.8. The van der Waals surface area contributed by atoms with Gasteiger partial charge in [-0.15, -0.1) is 0 Å². The monoisotopic (exact) mass is 210 g/mol. The van der Waals surface area contributed by atoms with E-state index in [0.29, 0.717) is 17.3 Å². The van der Waals surface area contributed by atoms with Crippen molar-refractivity contribution in [3.8, 4) is 0 Å². The van der Waals surface area contributed by atoms with Gasteiger partial charge >= 0.3 is 0 Å². The van der Waals surface area contributed by atoms with Crippen molar-refractivity contribution in [3.05, 3.63) is 17.3 Å². The number of unbranched alkanes of at least 4 members (excludes halogenated alkanes) is 1. The second kappa shape index (κ2) is 4.96. The number of amides is 1. The fourth-order valence-electron chi connectivity index (χ4n) is 1.40. The van der Waals surface area contributed by atoms with Gasteiger partial charge in [0.25, 0.3) is 5.91 Å². The maximum Gasteiger partial charge on any atom is 0.291 e. The van der Waals surface area contributed by atoms with E-state index in [4.69, 9.17) is 4.42 Å². The number of hydrogen-bond acceptors (Lipinski definition) is 3. The number of aromatic nitrogens is 1. The van der Waals surface area contributed by atoms with Crippen LogP contribution >= 0.6 is 0 Å². The quantitative estimate of drug-likeness (QED) is 0.765. The van der Waals surface area contributed by atoms with E-state index in [1.165, 1.54) is 0 Å². The lowest BCUT2D eigenvalue weighted by molar-refractivity contribution is 0.0759. The van der Waals surface area contributed by atoms with Crippen LogP contribution in [-0.4, -0.2) is 29.4 Å². The molecule has 0 aliphatic carbocycles. The van der Waals surface area contributed by atoms with Gasteiger partial charge in [0.2, 0.25) is 5.76 Å². The summed E-state index contributed by atoms with van der Waals surface area (Å²) in [7, 11) is 1.79. The van der Waals surface area contributed by atoms with Crippen molar-refractivity contribution in [2.45, 2.75) is 33.6 Å². The molecule has 0 aromatic carbocycles. The molecule has 1 aromatic rings. The summed E-state index contributed by atoms with van der Waals surface area (Å²) in [5, 5.41) is 0. The molecule has 0 aliphatic rings. The predicted molar refractivity (Wildman–Crippen MR) is 57.8 cm³/mol. The van der Waals surface area contributed by atoms with Crippen LogP contribution in [0.25, 0.3) is 0 Å². The van der Waals surface area contributed by atoms with Crippen molar-refractivity contribution >= 4 is 5.91 Å². The minimum Gasteiger partial charge on any atom is -0.436 e. The molecule has 0 bridgehead atoms. The van der Waals surface area contributed by atoms with Gasteiger partial charge < -0.3 is 9.32 Å². The Morgan fingerprint density at radius 2 is 2.13 bits per heavy atom. The number of aryl methyl sites for hydroxylation is 2. The first-order valence-corrected chi connectivity index (χ1v) is 5.25. The van der Waals surface area contributed by atoms with Crippen LogP contribution in [0.15, 0.2) is 4.42 Å². The smallest absolute Gasteiger partial charge is 0.291 e. The van der Waals surface area contributed by atoms with Crippen LogP contribution < -0.4 is 0 Å². The molecule has 0 atom stereocenters. The number of carbonyl (C=O) groups excluding carboxylic acids is 1. The number of nitrogens with zero attached hydrogens (tertiary/aromatic N) is 2. The third-order valence-electron chi connectivity index (χ3n) is 2.29. The Bertz CT molecular complexity index is 344. The van der Waals surface area contributed by atoms with Crippen LogP contribution in [0.1, 0.15) is 41.9 Å². The van der Waals surface area contributed by atoms with Crippen molar-refractivity contribution in [2.75, 3.05) is 13.6 Å². The lowest BCUT2D eigenvalue weighted by atomic mass is 10.3. The van der Waals surface area contributed by atoms with E-state index in [2.05, 4.69) is 11.9 Å². The average molecular weight is 210 g/mol. The number of hydrogen-bond donors (Lipinski definition) is 0. The molecule has 0 unspecified atom stereocenters. The molecule has 4 heteroatoms. The molecule has 84 valence electrons. The Morgan fingerprint density at radius 3 is 2.60 bits per heavy atom. The molecule has 0 fully saturated rings. The maximum absolute atomic E-state index is 11.9. The van der Waals surface area contributed by atoms with Crippen molar-refractivity contribution in [1.29, 1.82) is 0 Å². The zero-order valence-electron chi connectivity index (χ0n) is 9.83. The van der Waals surface area contributed by atoms with Gasteiger partial charge in [-0.3, -0.25) is 4.79 Å². The summed E-state index contributed by atoms with van der Waals surface area (Å²) >= 11 is 0. The Morgan fingerprint density at radius 1 is 1.47 bits per heavy atom. The van der Waals surface area contributed by atoms with Crippen LogP contribution in [0.5, 0.6) is 0 Å². The lowest BCUT2D eigenvalue weighted by Gasteiger charge is -2.14. The SMILES string of the molecule is CCCCN(C)C(=O)c1oc(C)nc1C. The Labute approximate surface area is 90.3 Å². The normalized spacial score (nSPS) is 10.4. The van der Waals surface area contributed by atoms with E-state index in [-0.39, 0.29) is 5.91 Å². The highest BCUT2D eigenvalue weighted by Gasteiger charge is 2.19. The van der Waals surface area contributed by atoms with Crippen molar-refractivity contribution in [1.82, 2.24) is 9.88 Å². The van der Waals surface area contributed by atoms with E-state index in [1.54, 1.807) is 25.8 Å². The Balaban J connectivity index is 2.71. The van der Waals surface area contributed by atoms with Gasteiger partial charge in [-0.2, -0.15) is 0 Å². The van der Waals surface area contributed by atoms with Gasteiger partial charge in [-0.25, -0.2) is 4.98 Å². The molecule has 1 rings (SSSR count). The van der Waals surface area contributed by atoms with Gasteiger partial charge in [0.05, 0.1) is 5.69 Å². The molecule has 0 N–H and O–H groups in total. The highest BCUT2D eigenvalue weighted by atomic mass is 16.4. The standard InChI is InChI=1S/C11H18N2O2/c1-5-6-7-13(4)11(14)10-8(2)12-9(3)15-10/h5-7H2,1-4H3. The molecule has 1 aromatic heterocycles. The summed E-state index contributed by atoms with van der Waals surface area (Å²) in [6, 6.07) is 0. The highest BCUT2D eigenvalue weighted by molar-refractivity contribution is 5.92. The van der Waals surface area contributed by atoms with E-state index in [9.17, 15) is 4.79 Å². The second-order valence-electron chi connectivity index (χ2n) is 3.73. The van der Waals surface area contributed by atoms with Crippen molar-refractivity contribution in [2.24, 2.45) is 0 Å². The minimum absolute atomic E-state index is 0.0819. The minimum atomic E-state index is -0.0819. The first-order valence-electron chi connectivity index (χ1n) is 5.25. The second-order valence-corrected chi connectivity index (χ2v) is 3.73. The summed E-state index contributed by atoms with van der Waals surface area (Å²) in [5.74, 6) is 0.826. The third kappa shape index (κ3) is 2.81. The van der Waals surface area contributed by atoms with Gasteiger partial charge in [0.1, 0.15) is 0 Å². The number of rotatable bonds is 4. The molecule has 4 nitrogen and oxygen atoms in total. The van der Waals surface area contributed by atoms with Crippen molar-refractivity contribution in [3.63, 3.8) is 0 Å². The fourth-order valence-corrected chi connectivity index (χ4v) is 1.40. The molecule has 1 amide bonds. The molecule has 1 heterocycles. The van der Waals surface area contributed by atoms with E-state index >= 15 is 0 Å². The third-order valence-corrected chi connectivity index (χ3v) is 2.29. The van der Waals surface area contributed by atoms with Crippen LogP contribution in [0.2, 0.25) is 0 Å². The molecular weight excluding hydrogens is 192 g/mol. The summed E-state index contributed by atoms with van der Waals surface area (Å²) in [6.45, 7) is 6.39. The number of carbonyl (C=O) groups is 1. The first-order chi connectivity index (χ1) is 7.06. The molecule has 0 aliphatic heterocycles. The van der Waals surface area contributed by atoms with E-state index < -0.39 is 0 Å². The molecular formula is C11H18N2O2. The summed E-state index contributed by atoms with van der Waals surface area (Å²) in [4.78, 5) is 17.6. The van der Waals surface area contributed by atoms with Crippen LogP contribution in [-0.2, 0) is 0 Å². The van der Waals surface area contributed by atoms with E-state index in [1.807, 2.05) is 0 Å². The predicted octanol–water partition coefficient (Wildman–Crippen LogP) is 2.16.